The molecule has 4 nitrogen and oxygen atoms in total. The Morgan fingerprint density at radius 2 is 2.17 bits per heavy atom. The summed E-state index contributed by atoms with van der Waals surface area (Å²) in [6.07, 6.45) is 0.559. The zero-order chi connectivity index (χ0) is 13.5. The number of aliphatic hydroxyl groups is 1. The van der Waals surface area contributed by atoms with Crippen LogP contribution in [-0.2, 0) is 0 Å². The van der Waals surface area contributed by atoms with Crippen molar-refractivity contribution in [3.63, 3.8) is 0 Å². The van der Waals surface area contributed by atoms with Crippen LogP contribution in [0.2, 0.25) is 0 Å². The number of urea groups is 1. The third kappa shape index (κ3) is 5.06. The Morgan fingerprint density at radius 1 is 1.44 bits per heavy atom. The lowest BCUT2D eigenvalue weighted by molar-refractivity contribution is 0.227. The Kier molecular flexibility index (Phi) is 6.15. The van der Waals surface area contributed by atoms with Crippen molar-refractivity contribution >= 4 is 27.6 Å². The zero-order valence-corrected chi connectivity index (χ0v) is 12.2. The molecule has 0 saturated carbocycles. The molecule has 1 unspecified atom stereocenters. The van der Waals surface area contributed by atoms with E-state index in [1.807, 2.05) is 38.1 Å². The van der Waals surface area contributed by atoms with Crippen LogP contribution in [0.4, 0.5) is 10.5 Å². The second kappa shape index (κ2) is 7.38. The number of amides is 2. The predicted molar refractivity (Wildman–Crippen MR) is 76.6 cm³/mol. The molecule has 0 aliphatic rings. The van der Waals surface area contributed by atoms with Gasteiger partial charge < -0.3 is 15.7 Å². The summed E-state index contributed by atoms with van der Waals surface area (Å²) >= 11 is 3.35. The Morgan fingerprint density at radius 3 is 2.72 bits per heavy atom. The number of anilines is 1. The van der Waals surface area contributed by atoms with Crippen LogP contribution in [0.5, 0.6) is 0 Å². The summed E-state index contributed by atoms with van der Waals surface area (Å²) in [5.41, 5.74) is 0.730. The monoisotopic (exact) mass is 314 g/mol. The first-order chi connectivity index (χ1) is 8.52. The van der Waals surface area contributed by atoms with Gasteiger partial charge in [-0.1, -0.05) is 35.8 Å². The maximum absolute atomic E-state index is 11.8. The molecule has 1 aromatic rings. The molecule has 0 radical (unpaired) electrons. The van der Waals surface area contributed by atoms with E-state index in [0.29, 0.717) is 6.42 Å². The van der Waals surface area contributed by atoms with Gasteiger partial charge in [-0.25, -0.2) is 4.79 Å². The van der Waals surface area contributed by atoms with E-state index in [1.165, 1.54) is 0 Å². The smallest absolute Gasteiger partial charge is 0.319 e. The number of carbonyl (C=O) groups excluding carboxylic acids is 1. The first kappa shape index (κ1) is 15.0. The van der Waals surface area contributed by atoms with Crippen LogP contribution in [0.25, 0.3) is 0 Å². The third-order valence-electron chi connectivity index (χ3n) is 2.64. The largest absolute Gasteiger partial charge is 0.396 e. The van der Waals surface area contributed by atoms with Crippen molar-refractivity contribution in [2.75, 3.05) is 11.9 Å². The highest BCUT2D eigenvalue weighted by atomic mass is 79.9. The van der Waals surface area contributed by atoms with E-state index >= 15 is 0 Å². The molecule has 0 fully saturated rings. The fourth-order valence-electron chi connectivity index (χ4n) is 1.61. The van der Waals surface area contributed by atoms with Crippen molar-refractivity contribution in [1.82, 2.24) is 5.32 Å². The Labute approximate surface area is 116 Å². The van der Waals surface area contributed by atoms with E-state index < -0.39 is 0 Å². The maximum atomic E-state index is 11.8. The number of aliphatic hydroxyl groups excluding tert-OH is 1. The Bertz CT molecular complexity index is 396. The lowest BCUT2D eigenvalue weighted by Crippen LogP contribution is -2.41. The van der Waals surface area contributed by atoms with Crippen LogP contribution in [-0.4, -0.2) is 23.8 Å². The summed E-state index contributed by atoms with van der Waals surface area (Å²) in [4.78, 5) is 11.8. The highest BCUT2D eigenvalue weighted by molar-refractivity contribution is 9.10. The summed E-state index contributed by atoms with van der Waals surface area (Å²) in [6, 6.07) is 7.12. The number of halogens is 1. The fourth-order valence-corrected chi connectivity index (χ4v) is 2.01. The highest BCUT2D eigenvalue weighted by Crippen LogP contribution is 2.15. The molecule has 0 aliphatic carbocycles. The second-order valence-corrected chi connectivity index (χ2v) is 5.39. The van der Waals surface area contributed by atoms with E-state index in [2.05, 4.69) is 26.6 Å². The number of nitrogens with one attached hydrogen (secondary N) is 2. The standard InChI is InChI=1S/C13H19BrN2O2/c1-9(2)12(6-7-17)16-13(18)15-11-5-3-4-10(14)8-11/h3-5,8-9,12,17H,6-7H2,1-2H3,(H2,15,16,18). The van der Waals surface area contributed by atoms with Gasteiger partial charge in [0.15, 0.2) is 0 Å². The van der Waals surface area contributed by atoms with E-state index in [-0.39, 0.29) is 24.6 Å². The SMILES string of the molecule is CC(C)C(CCO)NC(=O)Nc1cccc(Br)c1. The Balaban J connectivity index is 2.55. The number of benzene rings is 1. The molecule has 1 rings (SSSR count). The average Bonchev–Trinajstić information content (AvgIpc) is 2.28. The fraction of sp³-hybridized carbons (Fsp3) is 0.462. The molecular weight excluding hydrogens is 296 g/mol. The van der Waals surface area contributed by atoms with Crippen molar-refractivity contribution in [2.24, 2.45) is 5.92 Å². The van der Waals surface area contributed by atoms with Gasteiger partial charge in [0, 0.05) is 22.8 Å². The summed E-state index contributed by atoms with van der Waals surface area (Å²) in [5, 5.41) is 14.6. The van der Waals surface area contributed by atoms with Crippen LogP contribution in [0.3, 0.4) is 0 Å². The molecule has 18 heavy (non-hydrogen) atoms. The van der Waals surface area contributed by atoms with Crippen LogP contribution < -0.4 is 10.6 Å². The summed E-state index contributed by atoms with van der Waals surface area (Å²) in [5.74, 6) is 0.283. The van der Waals surface area contributed by atoms with Gasteiger partial charge in [0.1, 0.15) is 0 Å². The Hall–Kier alpha value is -1.07. The van der Waals surface area contributed by atoms with Crippen LogP contribution in [0, 0.1) is 5.92 Å². The molecule has 0 heterocycles. The number of rotatable bonds is 5. The molecule has 0 saturated heterocycles. The molecule has 0 bridgehead atoms. The predicted octanol–water partition coefficient (Wildman–Crippen LogP) is 2.98. The normalized spacial score (nSPS) is 12.3. The molecule has 2 amide bonds. The molecule has 1 aromatic carbocycles. The molecule has 5 heteroatoms. The molecule has 100 valence electrons. The van der Waals surface area contributed by atoms with Crippen LogP contribution in [0.15, 0.2) is 28.7 Å². The van der Waals surface area contributed by atoms with Crippen molar-refractivity contribution in [2.45, 2.75) is 26.3 Å². The van der Waals surface area contributed by atoms with Gasteiger partial charge in [-0.3, -0.25) is 0 Å². The molecule has 0 aliphatic heterocycles. The molecule has 0 aromatic heterocycles. The van der Waals surface area contributed by atoms with Gasteiger partial charge in [-0.05, 0) is 30.5 Å². The minimum atomic E-state index is -0.250. The van der Waals surface area contributed by atoms with Gasteiger partial charge >= 0.3 is 6.03 Å². The molecule has 0 spiro atoms. The highest BCUT2D eigenvalue weighted by Gasteiger charge is 2.15. The minimum Gasteiger partial charge on any atom is -0.396 e. The van der Waals surface area contributed by atoms with Gasteiger partial charge in [0.05, 0.1) is 0 Å². The summed E-state index contributed by atoms with van der Waals surface area (Å²) in [6.45, 7) is 4.10. The lowest BCUT2D eigenvalue weighted by Gasteiger charge is -2.21. The third-order valence-corrected chi connectivity index (χ3v) is 3.14. The first-order valence-corrected chi connectivity index (χ1v) is 6.76. The summed E-state index contributed by atoms with van der Waals surface area (Å²) < 4.78 is 0.913. The molecule has 1 atom stereocenters. The van der Waals surface area contributed by atoms with Crippen LogP contribution in [0.1, 0.15) is 20.3 Å². The van der Waals surface area contributed by atoms with Gasteiger partial charge in [0.25, 0.3) is 0 Å². The lowest BCUT2D eigenvalue weighted by atomic mass is 10.0. The van der Waals surface area contributed by atoms with Crippen molar-refractivity contribution < 1.29 is 9.90 Å². The van der Waals surface area contributed by atoms with Crippen molar-refractivity contribution in [3.8, 4) is 0 Å². The first-order valence-electron chi connectivity index (χ1n) is 5.97. The summed E-state index contributed by atoms with van der Waals surface area (Å²) in [7, 11) is 0. The van der Waals surface area contributed by atoms with Crippen molar-refractivity contribution in [3.05, 3.63) is 28.7 Å². The van der Waals surface area contributed by atoms with E-state index in [0.717, 1.165) is 10.2 Å². The van der Waals surface area contributed by atoms with E-state index in [9.17, 15) is 4.79 Å². The minimum absolute atomic E-state index is 0.0258. The van der Waals surface area contributed by atoms with Crippen LogP contribution >= 0.6 is 15.9 Å². The molecule has 3 N–H and O–H groups in total. The maximum Gasteiger partial charge on any atom is 0.319 e. The zero-order valence-electron chi connectivity index (χ0n) is 10.6. The number of carbonyl (C=O) groups is 1. The van der Waals surface area contributed by atoms with Gasteiger partial charge in [-0.2, -0.15) is 0 Å². The molecular formula is C13H19BrN2O2. The van der Waals surface area contributed by atoms with E-state index in [4.69, 9.17) is 5.11 Å². The van der Waals surface area contributed by atoms with Crippen molar-refractivity contribution in [1.29, 1.82) is 0 Å². The number of hydrogen-bond acceptors (Lipinski definition) is 2. The van der Waals surface area contributed by atoms with Gasteiger partial charge in [0.2, 0.25) is 0 Å². The second-order valence-electron chi connectivity index (χ2n) is 4.47. The van der Waals surface area contributed by atoms with E-state index in [1.54, 1.807) is 0 Å². The average molecular weight is 315 g/mol. The van der Waals surface area contributed by atoms with Gasteiger partial charge in [-0.15, -0.1) is 0 Å². The number of hydrogen-bond donors (Lipinski definition) is 3. The quantitative estimate of drug-likeness (QED) is 0.782. The topological polar surface area (TPSA) is 61.4 Å².